The van der Waals surface area contributed by atoms with Gasteiger partial charge >= 0.3 is 0 Å². The first-order valence-corrected chi connectivity index (χ1v) is 11.1. The van der Waals surface area contributed by atoms with E-state index in [1.807, 2.05) is 6.07 Å². The van der Waals surface area contributed by atoms with Crippen molar-refractivity contribution in [1.29, 1.82) is 0 Å². The molecule has 7 nitrogen and oxygen atoms in total. The number of thiophene rings is 1. The molecule has 0 aliphatic carbocycles. The second-order valence-electron chi connectivity index (χ2n) is 5.24. The zero-order valence-electron chi connectivity index (χ0n) is 13.5. The van der Waals surface area contributed by atoms with Crippen molar-refractivity contribution >= 4 is 43.7 Å². The number of nitrogens with one attached hydrogen (secondary N) is 2. The Hall–Kier alpha value is -1.36. The van der Waals surface area contributed by atoms with E-state index >= 15 is 0 Å². The van der Waals surface area contributed by atoms with Gasteiger partial charge in [0.2, 0.25) is 15.2 Å². The Morgan fingerprint density at radius 3 is 2.71 bits per heavy atom. The SMILES string of the molecule is CCCCc1nnc(NC(=O)c2ccc(CCNS(C)(=O)=O)s2)s1. The molecular weight excluding hydrogens is 368 g/mol. The standard InChI is InChI=1S/C14H20N4O3S3/c1-3-4-5-12-17-18-14(23-12)16-13(19)11-7-6-10(22-11)8-9-15-24(2,20)21/h6-7,15H,3-5,8-9H2,1-2H3,(H,16,18,19). The molecule has 1 amide bonds. The molecule has 0 aliphatic heterocycles. The van der Waals surface area contributed by atoms with Crippen LogP contribution in [-0.4, -0.2) is 37.3 Å². The van der Waals surface area contributed by atoms with Gasteiger partial charge in [0.05, 0.1) is 11.1 Å². The van der Waals surface area contributed by atoms with Crippen LogP contribution in [-0.2, 0) is 22.9 Å². The number of amides is 1. The number of rotatable bonds is 9. The number of hydrogen-bond acceptors (Lipinski definition) is 7. The number of aryl methyl sites for hydroxylation is 1. The Kier molecular flexibility index (Phi) is 6.84. The van der Waals surface area contributed by atoms with Crippen molar-refractivity contribution in [3.05, 3.63) is 26.9 Å². The Bertz CT molecular complexity index is 783. The monoisotopic (exact) mass is 388 g/mol. The number of hydrogen-bond donors (Lipinski definition) is 2. The third-order valence-electron chi connectivity index (χ3n) is 3.05. The van der Waals surface area contributed by atoms with E-state index in [0.717, 1.165) is 35.4 Å². The predicted molar refractivity (Wildman–Crippen MR) is 97.3 cm³/mol. The van der Waals surface area contributed by atoms with Gasteiger partial charge in [-0.05, 0) is 25.0 Å². The van der Waals surface area contributed by atoms with E-state index in [1.165, 1.54) is 22.7 Å². The summed E-state index contributed by atoms with van der Waals surface area (Å²) in [4.78, 5) is 13.7. The van der Waals surface area contributed by atoms with Crippen LogP contribution in [0.5, 0.6) is 0 Å². The molecule has 0 saturated heterocycles. The van der Waals surface area contributed by atoms with Gasteiger partial charge in [-0.2, -0.15) is 0 Å². The Balaban J connectivity index is 1.87. The van der Waals surface area contributed by atoms with E-state index in [9.17, 15) is 13.2 Å². The lowest BCUT2D eigenvalue weighted by atomic mass is 10.3. The molecule has 2 rings (SSSR count). The number of anilines is 1. The van der Waals surface area contributed by atoms with Crippen LogP contribution in [0.25, 0.3) is 0 Å². The van der Waals surface area contributed by atoms with E-state index in [1.54, 1.807) is 6.07 Å². The first-order valence-electron chi connectivity index (χ1n) is 7.54. The highest BCUT2D eigenvalue weighted by Gasteiger charge is 2.13. The molecule has 0 fully saturated rings. The lowest BCUT2D eigenvalue weighted by Crippen LogP contribution is -2.24. The van der Waals surface area contributed by atoms with Crippen LogP contribution in [0.15, 0.2) is 12.1 Å². The van der Waals surface area contributed by atoms with Crippen LogP contribution >= 0.6 is 22.7 Å². The molecule has 24 heavy (non-hydrogen) atoms. The van der Waals surface area contributed by atoms with Gasteiger partial charge in [0.1, 0.15) is 5.01 Å². The van der Waals surface area contributed by atoms with Crippen molar-refractivity contribution < 1.29 is 13.2 Å². The summed E-state index contributed by atoms with van der Waals surface area (Å²) in [5, 5.41) is 12.2. The molecule has 0 aliphatic rings. The van der Waals surface area contributed by atoms with Crippen LogP contribution in [0.3, 0.4) is 0 Å². The second kappa shape index (κ2) is 8.65. The van der Waals surface area contributed by atoms with Crippen molar-refractivity contribution in [2.24, 2.45) is 0 Å². The molecule has 2 aromatic heterocycles. The molecule has 0 radical (unpaired) electrons. The van der Waals surface area contributed by atoms with E-state index in [2.05, 4.69) is 27.2 Å². The molecular formula is C14H20N4O3S3. The molecule has 0 aromatic carbocycles. The smallest absolute Gasteiger partial charge is 0.267 e. The number of sulfonamides is 1. The van der Waals surface area contributed by atoms with Gasteiger partial charge < -0.3 is 0 Å². The fourth-order valence-corrected chi connectivity index (χ4v) is 4.04. The fraction of sp³-hybridized carbons (Fsp3) is 0.500. The van der Waals surface area contributed by atoms with Gasteiger partial charge in [0, 0.05) is 17.8 Å². The maximum absolute atomic E-state index is 12.2. The maximum Gasteiger partial charge on any atom is 0.267 e. The minimum atomic E-state index is -3.19. The molecule has 0 spiro atoms. The summed E-state index contributed by atoms with van der Waals surface area (Å²) in [5.74, 6) is -0.222. The minimum Gasteiger partial charge on any atom is -0.296 e. The van der Waals surface area contributed by atoms with Crippen LogP contribution in [0.4, 0.5) is 5.13 Å². The summed E-state index contributed by atoms with van der Waals surface area (Å²) in [5.41, 5.74) is 0. The van der Waals surface area contributed by atoms with Crippen molar-refractivity contribution in [1.82, 2.24) is 14.9 Å². The number of carbonyl (C=O) groups excluding carboxylic acids is 1. The van der Waals surface area contributed by atoms with E-state index in [0.29, 0.717) is 23.0 Å². The summed E-state index contributed by atoms with van der Waals surface area (Å²) >= 11 is 2.73. The minimum absolute atomic E-state index is 0.222. The van der Waals surface area contributed by atoms with Crippen LogP contribution in [0.1, 0.15) is 39.3 Å². The lowest BCUT2D eigenvalue weighted by molar-refractivity contribution is 0.103. The molecule has 10 heteroatoms. The topological polar surface area (TPSA) is 101 Å². The predicted octanol–water partition coefficient (Wildman–Crippen LogP) is 2.29. The molecule has 2 heterocycles. The summed E-state index contributed by atoms with van der Waals surface area (Å²) in [6.07, 6.45) is 4.69. The van der Waals surface area contributed by atoms with Gasteiger partial charge in [-0.25, -0.2) is 13.1 Å². The maximum atomic E-state index is 12.2. The zero-order chi connectivity index (χ0) is 17.6. The highest BCUT2D eigenvalue weighted by molar-refractivity contribution is 7.88. The van der Waals surface area contributed by atoms with Crippen molar-refractivity contribution in [3.8, 4) is 0 Å². The highest BCUT2D eigenvalue weighted by Crippen LogP contribution is 2.21. The van der Waals surface area contributed by atoms with E-state index in [4.69, 9.17) is 0 Å². The first-order chi connectivity index (χ1) is 11.4. The third kappa shape index (κ3) is 6.27. The van der Waals surface area contributed by atoms with Crippen LogP contribution < -0.4 is 10.0 Å². The summed E-state index contributed by atoms with van der Waals surface area (Å²) in [7, 11) is -3.19. The van der Waals surface area contributed by atoms with Gasteiger partial charge in [0.15, 0.2) is 0 Å². The summed E-state index contributed by atoms with van der Waals surface area (Å²) < 4.78 is 24.5. The van der Waals surface area contributed by atoms with Crippen molar-refractivity contribution in [2.75, 3.05) is 18.1 Å². The van der Waals surface area contributed by atoms with Gasteiger partial charge in [-0.1, -0.05) is 24.7 Å². The Morgan fingerprint density at radius 2 is 2.00 bits per heavy atom. The van der Waals surface area contributed by atoms with Crippen LogP contribution in [0, 0.1) is 0 Å². The molecule has 132 valence electrons. The lowest BCUT2D eigenvalue weighted by Gasteiger charge is -2.00. The molecule has 2 N–H and O–H groups in total. The Labute approximate surface area is 149 Å². The zero-order valence-corrected chi connectivity index (χ0v) is 16.0. The van der Waals surface area contributed by atoms with E-state index < -0.39 is 10.0 Å². The average Bonchev–Trinajstić information content (AvgIpc) is 3.13. The van der Waals surface area contributed by atoms with Crippen molar-refractivity contribution in [3.63, 3.8) is 0 Å². The normalized spacial score (nSPS) is 11.6. The number of unbranched alkanes of at least 4 members (excludes halogenated alkanes) is 1. The van der Waals surface area contributed by atoms with Gasteiger partial charge in [0.25, 0.3) is 5.91 Å². The number of carbonyl (C=O) groups is 1. The molecule has 0 unspecified atom stereocenters. The third-order valence-corrected chi connectivity index (χ3v) is 5.82. The summed E-state index contributed by atoms with van der Waals surface area (Å²) in [6.45, 7) is 2.43. The van der Waals surface area contributed by atoms with E-state index in [-0.39, 0.29) is 5.91 Å². The first kappa shape index (κ1) is 19.0. The number of aromatic nitrogens is 2. The molecule has 0 atom stereocenters. The summed E-state index contributed by atoms with van der Waals surface area (Å²) in [6, 6.07) is 3.56. The molecule has 2 aromatic rings. The average molecular weight is 389 g/mol. The van der Waals surface area contributed by atoms with Crippen molar-refractivity contribution in [2.45, 2.75) is 32.6 Å². The number of nitrogens with zero attached hydrogens (tertiary/aromatic N) is 2. The van der Waals surface area contributed by atoms with Gasteiger partial charge in [-0.15, -0.1) is 21.5 Å². The quantitative estimate of drug-likeness (QED) is 0.686. The molecule has 0 saturated carbocycles. The highest BCUT2D eigenvalue weighted by atomic mass is 32.2. The molecule has 0 bridgehead atoms. The second-order valence-corrected chi connectivity index (χ2v) is 9.30. The van der Waals surface area contributed by atoms with Crippen LogP contribution in [0.2, 0.25) is 0 Å². The fourth-order valence-electron chi connectivity index (χ4n) is 1.89. The Morgan fingerprint density at radius 1 is 1.21 bits per heavy atom. The van der Waals surface area contributed by atoms with Gasteiger partial charge in [-0.3, -0.25) is 10.1 Å². The largest absolute Gasteiger partial charge is 0.296 e.